The van der Waals surface area contributed by atoms with Gasteiger partial charge < -0.3 is 15.8 Å². The molecule has 0 bridgehead atoms. The van der Waals surface area contributed by atoms with E-state index in [9.17, 15) is 14.4 Å². The third-order valence-electron chi connectivity index (χ3n) is 3.19. The highest BCUT2D eigenvalue weighted by Gasteiger charge is 2.46. The lowest BCUT2D eigenvalue weighted by atomic mass is 9.80. The zero-order valence-corrected chi connectivity index (χ0v) is 14.8. The van der Waals surface area contributed by atoms with Gasteiger partial charge in [0.15, 0.2) is 11.3 Å². The Morgan fingerprint density at radius 3 is 2.00 bits per heavy atom. The maximum Gasteiger partial charge on any atom is 0.309 e. The number of carbonyl (C=O) groups is 3. The molecule has 0 aromatic carbocycles. The summed E-state index contributed by atoms with van der Waals surface area (Å²) in [5, 5.41) is 2.37. The zero-order valence-electron chi connectivity index (χ0n) is 14.8. The van der Waals surface area contributed by atoms with Crippen molar-refractivity contribution in [3.05, 3.63) is 0 Å². The summed E-state index contributed by atoms with van der Waals surface area (Å²) in [5.41, 5.74) is 3.43. The first-order valence-electron chi connectivity index (χ1n) is 7.60. The van der Waals surface area contributed by atoms with Gasteiger partial charge in [-0.3, -0.25) is 14.4 Å². The van der Waals surface area contributed by atoms with E-state index in [2.05, 4.69) is 5.32 Å². The quantitative estimate of drug-likeness (QED) is 0.547. The van der Waals surface area contributed by atoms with Crippen molar-refractivity contribution in [3.8, 4) is 0 Å². The number of likely N-dealkylation sites (N-methyl/N-ethyl adjacent to an activating group) is 1. The number of nitrogens with one attached hydrogen (secondary N) is 1. The van der Waals surface area contributed by atoms with Gasteiger partial charge in [0.1, 0.15) is 5.60 Å². The van der Waals surface area contributed by atoms with Gasteiger partial charge in [-0.2, -0.15) is 0 Å². The first kappa shape index (κ1) is 20.6. The highest BCUT2D eigenvalue weighted by atomic mass is 16.6. The van der Waals surface area contributed by atoms with Gasteiger partial charge in [0, 0.05) is 13.0 Å². The SMILES string of the molecule is CNC(=O)[C@@](N)(CC(=O)OC(C)(C)C)C(=O)C(C)CC(C)C. The molecular weight excluding hydrogens is 284 g/mol. The maximum atomic E-state index is 12.6. The average Bonchev–Trinajstić information content (AvgIpc) is 2.33. The smallest absolute Gasteiger partial charge is 0.309 e. The minimum atomic E-state index is -1.90. The molecule has 0 aromatic rings. The molecule has 1 amide bonds. The number of ketones is 1. The molecule has 0 radical (unpaired) electrons. The van der Waals surface area contributed by atoms with Crippen molar-refractivity contribution in [2.75, 3.05) is 7.05 Å². The minimum Gasteiger partial charge on any atom is -0.460 e. The fourth-order valence-corrected chi connectivity index (χ4v) is 2.36. The molecule has 0 aliphatic heterocycles. The van der Waals surface area contributed by atoms with E-state index in [-0.39, 0.29) is 5.92 Å². The van der Waals surface area contributed by atoms with Crippen LogP contribution in [0.15, 0.2) is 0 Å². The van der Waals surface area contributed by atoms with Gasteiger partial charge in [0.05, 0.1) is 6.42 Å². The van der Waals surface area contributed by atoms with E-state index in [1.807, 2.05) is 13.8 Å². The van der Waals surface area contributed by atoms with Crippen LogP contribution in [0.2, 0.25) is 0 Å². The topological polar surface area (TPSA) is 98.5 Å². The monoisotopic (exact) mass is 314 g/mol. The van der Waals surface area contributed by atoms with Crippen LogP contribution in [0.3, 0.4) is 0 Å². The molecule has 2 atom stereocenters. The predicted octanol–water partition coefficient (Wildman–Crippen LogP) is 1.41. The van der Waals surface area contributed by atoms with Crippen molar-refractivity contribution in [2.24, 2.45) is 17.6 Å². The summed E-state index contributed by atoms with van der Waals surface area (Å²) in [6.07, 6.45) is 0.133. The molecular formula is C16H30N2O4. The van der Waals surface area contributed by atoms with Gasteiger partial charge in [-0.15, -0.1) is 0 Å². The Hall–Kier alpha value is -1.43. The number of ether oxygens (including phenoxy) is 1. The Bertz CT molecular complexity index is 426. The Labute approximate surface area is 133 Å². The first-order chi connectivity index (χ1) is 9.83. The number of amides is 1. The third-order valence-corrected chi connectivity index (χ3v) is 3.19. The van der Waals surface area contributed by atoms with Crippen molar-refractivity contribution < 1.29 is 19.1 Å². The predicted molar refractivity (Wildman–Crippen MR) is 85.1 cm³/mol. The van der Waals surface area contributed by atoms with E-state index in [0.29, 0.717) is 6.42 Å². The number of esters is 1. The fourth-order valence-electron chi connectivity index (χ4n) is 2.36. The molecule has 0 heterocycles. The largest absolute Gasteiger partial charge is 0.460 e. The molecule has 0 aliphatic rings. The number of hydrogen-bond acceptors (Lipinski definition) is 5. The van der Waals surface area contributed by atoms with E-state index in [0.717, 1.165) is 0 Å². The van der Waals surface area contributed by atoms with Crippen molar-refractivity contribution in [1.82, 2.24) is 5.32 Å². The summed E-state index contributed by atoms with van der Waals surface area (Å²) in [6, 6.07) is 0. The molecule has 6 nitrogen and oxygen atoms in total. The molecule has 0 aliphatic carbocycles. The normalized spacial score (nSPS) is 15.9. The third kappa shape index (κ3) is 6.13. The molecule has 22 heavy (non-hydrogen) atoms. The van der Waals surface area contributed by atoms with Crippen LogP contribution >= 0.6 is 0 Å². The van der Waals surface area contributed by atoms with Crippen LogP contribution in [-0.4, -0.2) is 35.8 Å². The lowest BCUT2D eigenvalue weighted by molar-refractivity contribution is -0.160. The highest BCUT2D eigenvalue weighted by molar-refractivity contribution is 6.13. The van der Waals surface area contributed by atoms with Crippen molar-refractivity contribution in [3.63, 3.8) is 0 Å². The van der Waals surface area contributed by atoms with Crippen LogP contribution < -0.4 is 11.1 Å². The molecule has 3 N–H and O–H groups in total. The van der Waals surface area contributed by atoms with Crippen molar-refractivity contribution in [1.29, 1.82) is 0 Å². The molecule has 0 aromatic heterocycles. The number of nitrogens with two attached hydrogens (primary N) is 1. The van der Waals surface area contributed by atoms with Gasteiger partial charge >= 0.3 is 5.97 Å². The van der Waals surface area contributed by atoms with Crippen LogP contribution in [0.4, 0.5) is 0 Å². The van der Waals surface area contributed by atoms with Crippen molar-refractivity contribution in [2.45, 2.75) is 65.5 Å². The second-order valence-corrected chi connectivity index (χ2v) is 7.21. The van der Waals surface area contributed by atoms with Gasteiger partial charge in [-0.1, -0.05) is 20.8 Å². The van der Waals surface area contributed by atoms with Crippen LogP contribution in [0.5, 0.6) is 0 Å². The summed E-state index contributed by atoms with van der Waals surface area (Å²) >= 11 is 0. The molecule has 128 valence electrons. The van der Waals surface area contributed by atoms with Gasteiger partial charge in [-0.05, 0) is 33.1 Å². The molecule has 0 saturated heterocycles. The van der Waals surface area contributed by atoms with Crippen LogP contribution in [0.25, 0.3) is 0 Å². The standard InChI is InChI=1S/C16H30N2O4/c1-10(2)8-11(3)13(20)16(17,14(21)18-7)9-12(19)22-15(4,5)6/h10-11H,8-9,17H2,1-7H3,(H,18,21)/t11?,16-/m1/s1. The second-order valence-electron chi connectivity index (χ2n) is 7.21. The second kappa shape index (κ2) is 7.72. The fraction of sp³-hybridized carbons (Fsp3) is 0.812. The molecule has 0 spiro atoms. The molecule has 0 saturated carbocycles. The molecule has 6 heteroatoms. The van der Waals surface area contributed by atoms with Crippen LogP contribution in [0.1, 0.15) is 54.4 Å². The summed E-state index contributed by atoms with van der Waals surface area (Å²) in [5.74, 6) is -1.90. The summed E-state index contributed by atoms with van der Waals surface area (Å²) in [7, 11) is 1.39. The minimum absolute atomic E-state index is 0.286. The van der Waals surface area contributed by atoms with E-state index in [1.54, 1.807) is 27.7 Å². The Morgan fingerprint density at radius 2 is 1.64 bits per heavy atom. The molecule has 0 fully saturated rings. The number of rotatable bonds is 7. The van der Waals surface area contributed by atoms with E-state index >= 15 is 0 Å². The van der Waals surface area contributed by atoms with E-state index < -0.39 is 41.1 Å². The first-order valence-corrected chi connectivity index (χ1v) is 7.60. The van der Waals surface area contributed by atoms with E-state index in [4.69, 9.17) is 10.5 Å². The number of carbonyl (C=O) groups excluding carboxylic acids is 3. The lowest BCUT2D eigenvalue weighted by Crippen LogP contribution is -2.61. The highest BCUT2D eigenvalue weighted by Crippen LogP contribution is 2.22. The lowest BCUT2D eigenvalue weighted by Gasteiger charge is -2.30. The Kier molecular flexibility index (Phi) is 7.22. The van der Waals surface area contributed by atoms with Crippen LogP contribution in [-0.2, 0) is 19.1 Å². The Balaban J connectivity index is 5.28. The average molecular weight is 314 g/mol. The number of hydrogen-bond donors (Lipinski definition) is 2. The van der Waals surface area contributed by atoms with E-state index in [1.165, 1.54) is 7.05 Å². The number of Topliss-reactive ketones (excluding diaryl/α,β-unsaturated/α-hetero) is 1. The maximum absolute atomic E-state index is 12.6. The zero-order chi connectivity index (χ0) is 17.7. The van der Waals surface area contributed by atoms with Crippen LogP contribution in [0, 0.1) is 11.8 Å². The van der Waals surface area contributed by atoms with Gasteiger partial charge in [0.2, 0.25) is 5.91 Å². The van der Waals surface area contributed by atoms with Gasteiger partial charge in [0.25, 0.3) is 0 Å². The summed E-state index contributed by atoms with van der Waals surface area (Å²) in [6.45, 7) is 10.8. The van der Waals surface area contributed by atoms with Gasteiger partial charge in [-0.25, -0.2) is 0 Å². The Morgan fingerprint density at radius 1 is 1.14 bits per heavy atom. The van der Waals surface area contributed by atoms with Crippen molar-refractivity contribution >= 4 is 17.7 Å². The molecule has 0 rings (SSSR count). The summed E-state index contributed by atoms with van der Waals surface area (Å²) < 4.78 is 5.19. The summed E-state index contributed by atoms with van der Waals surface area (Å²) in [4.78, 5) is 36.7. The molecule has 1 unspecified atom stereocenters.